The zero-order valence-corrected chi connectivity index (χ0v) is 16.6. The van der Waals surface area contributed by atoms with Gasteiger partial charge in [0.2, 0.25) is 7.37 Å². The Labute approximate surface area is 153 Å². The average Bonchev–Trinajstić information content (AvgIpc) is 2.99. The summed E-state index contributed by atoms with van der Waals surface area (Å²) in [5.74, 6) is -0.475. The van der Waals surface area contributed by atoms with Gasteiger partial charge in [0.15, 0.2) is 7.14 Å². The molecule has 0 aromatic heterocycles. The summed E-state index contributed by atoms with van der Waals surface area (Å²) in [4.78, 5) is 11.6. The van der Waals surface area contributed by atoms with Crippen LogP contribution < -0.4 is 10.6 Å². The van der Waals surface area contributed by atoms with Gasteiger partial charge in [0.05, 0.1) is 0 Å². The molecule has 1 heterocycles. The number of hydrogen-bond donors (Lipinski definition) is 0. The van der Waals surface area contributed by atoms with E-state index in [0.717, 1.165) is 0 Å². The highest BCUT2D eigenvalue weighted by molar-refractivity contribution is 7.89. The Balaban J connectivity index is 2.24. The van der Waals surface area contributed by atoms with E-state index >= 15 is 0 Å². The smallest absolute Gasteiger partial charge is 0.302 e. The van der Waals surface area contributed by atoms with E-state index in [4.69, 9.17) is 9.26 Å². The van der Waals surface area contributed by atoms with Crippen LogP contribution in [-0.4, -0.2) is 30.7 Å². The second-order valence-electron chi connectivity index (χ2n) is 6.31. The molecule has 0 spiro atoms. The first-order valence-electron chi connectivity index (χ1n) is 8.44. The van der Waals surface area contributed by atoms with Crippen molar-refractivity contribution in [3.8, 4) is 0 Å². The Morgan fingerprint density at radius 3 is 1.96 bits per heavy atom. The van der Waals surface area contributed by atoms with Crippen LogP contribution in [0.1, 0.15) is 13.3 Å². The fourth-order valence-electron chi connectivity index (χ4n) is 3.61. The van der Waals surface area contributed by atoms with E-state index in [0.29, 0.717) is 17.0 Å². The highest BCUT2D eigenvalue weighted by Crippen LogP contribution is 2.72. The van der Waals surface area contributed by atoms with Crippen LogP contribution in [-0.2, 0) is 23.2 Å². The van der Waals surface area contributed by atoms with Crippen LogP contribution in [0.15, 0.2) is 60.7 Å². The maximum Gasteiger partial charge on any atom is 0.302 e. The second kappa shape index (κ2) is 7.52. The minimum absolute atomic E-state index is 0.246. The molecule has 2 aromatic carbocycles. The molecule has 138 valence electrons. The summed E-state index contributed by atoms with van der Waals surface area (Å²) in [6, 6.07) is 18.0. The van der Waals surface area contributed by atoms with Crippen LogP contribution >= 0.6 is 14.5 Å². The number of benzene rings is 2. The molecule has 0 bridgehead atoms. The molecule has 0 saturated carbocycles. The van der Waals surface area contributed by atoms with E-state index in [1.807, 2.05) is 12.1 Å². The van der Waals surface area contributed by atoms with Crippen molar-refractivity contribution in [1.82, 2.24) is 0 Å². The maximum absolute atomic E-state index is 14.5. The quantitative estimate of drug-likeness (QED) is 0.575. The molecule has 3 unspecified atom stereocenters. The first-order valence-corrected chi connectivity index (χ1v) is 12.1. The molecule has 0 radical (unpaired) electrons. The summed E-state index contributed by atoms with van der Waals surface area (Å²) >= 11 is 0. The molecule has 5 nitrogen and oxygen atoms in total. The molecule has 0 N–H and O–H groups in total. The van der Waals surface area contributed by atoms with Crippen molar-refractivity contribution in [3.63, 3.8) is 0 Å². The average molecular weight is 392 g/mol. The van der Waals surface area contributed by atoms with Gasteiger partial charge in [-0.25, -0.2) is 0 Å². The van der Waals surface area contributed by atoms with Crippen molar-refractivity contribution in [2.75, 3.05) is 13.3 Å². The Bertz CT molecular complexity index is 823. The fraction of sp³-hybridized carbons (Fsp3) is 0.316. The van der Waals surface area contributed by atoms with Crippen molar-refractivity contribution >= 4 is 31.1 Å². The molecule has 3 atom stereocenters. The SMILES string of the molecule is COP1(=O)CCC(OC(C)=O)C1P(=O)(c1ccccc1)c1ccccc1. The zero-order valence-electron chi connectivity index (χ0n) is 14.8. The van der Waals surface area contributed by atoms with Gasteiger partial charge in [-0.2, -0.15) is 0 Å². The number of ether oxygens (including phenoxy) is 1. The molecular formula is C19H22O5P2. The van der Waals surface area contributed by atoms with Crippen LogP contribution in [0.5, 0.6) is 0 Å². The van der Waals surface area contributed by atoms with E-state index in [2.05, 4.69) is 0 Å². The highest BCUT2D eigenvalue weighted by atomic mass is 31.2. The summed E-state index contributed by atoms with van der Waals surface area (Å²) in [5, 5.41) is 0.300. The van der Waals surface area contributed by atoms with Crippen molar-refractivity contribution in [1.29, 1.82) is 0 Å². The maximum atomic E-state index is 14.5. The molecular weight excluding hydrogens is 370 g/mol. The first-order chi connectivity index (χ1) is 12.4. The van der Waals surface area contributed by atoms with Crippen LogP contribution in [0.25, 0.3) is 0 Å². The normalized spacial score (nSPS) is 25.8. The minimum atomic E-state index is -3.39. The molecule has 3 rings (SSSR count). The van der Waals surface area contributed by atoms with Gasteiger partial charge in [-0.3, -0.25) is 9.36 Å². The second-order valence-corrected chi connectivity index (χ2v) is 12.4. The van der Waals surface area contributed by atoms with Crippen LogP contribution in [0.2, 0.25) is 0 Å². The summed E-state index contributed by atoms with van der Waals surface area (Å²) in [7, 11) is -5.27. The predicted octanol–water partition coefficient (Wildman–Crippen LogP) is 3.59. The summed E-state index contributed by atoms with van der Waals surface area (Å²) in [6.45, 7) is 1.31. The van der Waals surface area contributed by atoms with Crippen molar-refractivity contribution in [3.05, 3.63) is 60.7 Å². The number of hydrogen-bond acceptors (Lipinski definition) is 5. The molecule has 1 fully saturated rings. The Kier molecular flexibility index (Phi) is 5.53. The highest BCUT2D eigenvalue weighted by Gasteiger charge is 2.57. The van der Waals surface area contributed by atoms with Crippen LogP contribution in [0.3, 0.4) is 0 Å². The lowest BCUT2D eigenvalue weighted by Crippen LogP contribution is -2.33. The van der Waals surface area contributed by atoms with E-state index in [-0.39, 0.29) is 6.16 Å². The summed E-state index contributed by atoms with van der Waals surface area (Å²) in [6.07, 6.45) is -0.0843. The monoisotopic (exact) mass is 392 g/mol. The van der Waals surface area contributed by atoms with E-state index in [9.17, 15) is 13.9 Å². The fourth-order valence-corrected chi connectivity index (χ4v) is 11.8. The molecule has 2 aromatic rings. The van der Waals surface area contributed by atoms with Gasteiger partial charge in [-0.1, -0.05) is 60.7 Å². The van der Waals surface area contributed by atoms with Gasteiger partial charge in [0.25, 0.3) is 0 Å². The third kappa shape index (κ3) is 3.32. The van der Waals surface area contributed by atoms with Crippen molar-refractivity contribution < 1.29 is 23.2 Å². The lowest BCUT2D eigenvalue weighted by Gasteiger charge is -2.32. The molecule has 1 saturated heterocycles. The molecule has 0 aliphatic carbocycles. The lowest BCUT2D eigenvalue weighted by atomic mass is 10.3. The number of esters is 1. The van der Waals surface area contributed by atoms with Gasteiger partial charge in [0.1, 0.15) is 11.5 Å². The summed E-state index contributed by atoms with van der Waals surface area (Å²) < 4.78 is 38.9. The van der Waals surface area contributed by atoms with Gasteiger partial charge >= 0.3 is 5.97 Å². The van der Waals surface area contributed by atoms with Gasteiger partial charge < -0.3 is 13.8 Å². The molecule has 7 heteroatoms. The minimum Gasteiger partial charge on any atom is -0.461 e. The Hall–Kier alpha value is -1.67. The van der Waals surface area contributed by atoms with Crippen molar-refractivity contribution in [2.45, 2.75) is 24.8 Å². The third-order valence-electron chi connectivity index (χ3n) is 4.74. The summed E-state index contributed by atoms with van der Waals surface area (Å²) in [5.41, 5.74) is 0. The molecule has 1 aliphatic rings. The van der Waals surface area contributed by atoms with Crippen molar-refractivity contribution in [2.24, 2.45) is 0 Å². The zero-order chi connectivity index (χ0) is 18.8. The molecule has 0 amide bonds. The number of carbonyl (C=O) groups excluding carboxylic acids is 1. The third-order valence-corrected chi connectivity index (χ3v) is 12.6. The van der Waals surface area contributed by atoms with E-state index in [1.165, 1.54) is 14.0 Å². The number of rotatable bonds is 5. The van der Waals surface area contributed by atoms with Crippen LogP contribution in [0.4, 0.5) is 0 Å². The standard InChI is InChI=1S/C19H22O5P2/c1-15(20)24-18-13-14-25(21,23-2)19(18)26(22,16-9-5-3-6-10-16)17-11-7-4-8-12-17/h3-12,18-19H,13-14H2,1-2H3. The Morgan fingerprint density at radius 2 is 1.54 bits per heavy atom. The molecule has 26 heavy (non-hydrogen) atoms. The van der Waals surface area contributed by atoms with Gasteiger partial charge in [-0.15, -0.1) is 0 Å². The Morgan fingerprint density at radius 1 is 1.04 bits per heavy atom. The number of carbonyl (C=O) groups is 1. The largest absolute Gasteiger partial charge is 0.461 e. The van der Waals surface area contributed by atoms with Gasteiger partial charge in [-0.05, 0) is 6.42 Å². The first kappa shape index (κ1) is 19.1. The lowest BCUT2D eigenvalue weighted by molar-refractivity contribution is -0.145. The van der Waals surface area contributed by atoms with Crippen LogP contribution in [0, 0.1) is 0 Å². The van der Waals surface area contributed by atoms with E-state index in [1.54, 1.807) is 48.5 Å². The van der Waals surface area contributed by atoms with Gasteiger partial charge in [0, 0.05) is 30.8 Å². The topological polar surface area (TPSA) is 69.7 Å². The predicted molar refractivity (Wildman–Crippen MR) is 103 cm³/mol. The molecule has 1 aliphatic heterocycles. The van der Waals surface area contributed by atoms with E-state index < -0.39 is 32.0 Å².